The van der Waals surface area contributed by atoms with Gasteiger partial charge in [-0.15, -0.1) is 0 Å². The second-order valence-electron chi connectivity index (χ2n) is 1.75. The Kier molecular flexibility index (Phi) is 7.04. The molecule has 4 heteroatoms. The zero-order valence-corrected chi connectivity index (χ0v) is 11.9. The summed E-state index contributed by atoms with van der Waals surface area (Å²) in [6.45, 7) is 5.01. The van der Waals surface area contributed by atoms with Crippen LogP contribution in [0.4, 0.5) is 0 Å². The van der Waals surface area contributed by atoms with E-state index in [4.69, 9.17) is 10.2 Å². The summed E-state index contributed by atoms with van der Waals surface area (Å²) < 4.78 is 0. The van der Waals surface area contributed by atoms with E-state index >= 15 is 0 Å². The molecule has 1 radical (unpaired) electrons. The number of aliphatic hydroxyl groups is 2. The van der Waals surface area contributed by atoms with Gasteiger partial charge in [-0.05, 0) is 13.3 Å². The normalized spacial score (nSPS) is 14.3. The smallest absolute Gasteiger partial charge is 0.174 e. The molecule has 9 heavy (non-hydrogen) atoms. The standard InChI is InChI=1S/C5H11O2S.Hg/c1-3-5(6,7)4(2)8;/h4,6-8H,2-3H2,1H3;. The quantitative estimate of drug-likeness (QED) is 0.383. The van der Waals surface area contributed by atoms with Crippen LogP contribution in [0, 0.1) is 6.92 Å². The van der Waals surface area contributed by atoms with Crippen molar-refractivity contribution in [3.05, 3.63) is 6.92 Å². The first-order chi connectivity index (χ1) is 3.50. The molecule has 0 aliphatic heterocycles. The number of thiol groups is 1. The molecule has 1 atom stereocenters. The van der Waals surface area contributed by atoms with Crippen LogP contribution in [0.3, 0.4) is 0 Å². The molecule has 0 aromatic carbocycles. The van der Waals surface area contributed by atoms with E-state index in [0.29, 0.717) is 0 Å². The molecule has 2 N–H and O–H groups in total. The van der Waals surface area contributed by atoms with Crippen molar-refractivity contribution in [2.24, 2.45) is 0 Å². The summed E-state index contributed by atoms with van der Waals surface area (Å²) in [6.07, 6.45) is 0.255. The molecule has 0 heterocycles. The van der Waals surface area contributed by atoms with Crippen LogP contribution in [0.5, 0.6) is 0 Å². The van der Waals surface area contributed by atoms with Gasteiger partial charge in [0.25, 0.3) is 0 Å². The minimum absolute atomic E-state index is 0. The Morgan fingerprint density at radius 1 is 1.67 bits per heavy atom. The minimum atomic E-state index is -1.71. The van der Waals surface area contributed by atoms with Crippen LogP contribution in [0.25, 0.3) is 0 Å². The van der Waals surface area contributed by atoms with Gasteiger partial charge in [-0.1, -0.05) is 6.92 Å². The maximum absolute atomic E-state index is 8.82. The molecule has 0 fully saturated rings. The second-order valence-corrected chi connectivity index (χ2v) is 2.37. The Morgan fingerprint density at radius 3 is 2.00 bits per heavy atom. The Hall–Kier alpha value is 1.21. The number of rotatable bonds is 2. The van der Waals surface area contributed by atoms with Gasteiger partial charge in [0, 0.05) is 27.7 Å². The first-order valence-corrected chi connectivity index (χ1v) is 2.98. The fourth-order valence-corrected chi connectivity index (χ4v) is 0.418. The number of hydrogen-bond donors (Lipinski definition) is 3. The second kappa shape index (κ2) is 4.94. The zero-order valence-electron chi connectivity index (χ0n) is 5.54. The van der Waals surface area contributed by atoms with E-state index in [9.17, 15) is 0 Å². The molecule has 1 unspecified atom stereocenters. The van der Waals surface area contributed by atoms with Crippen molar-refractivity contribution in [2.45, 2.75) is 24.4 Å². The average molecular weight is 336 g/mol. The number of hydrogen-bond acceptors (Lipinski definition) is 3. The van der Waals surface area contributed by atoms with Crippen LogP contribution in [-0.4, -0.2) is 21.3 Å². The van der Waals surface area contributed by atoms with Crippen molar-refractivity contribution in [1.29, 1.82) is 0 Å². The minimum Gasteiger partial charge on any atom is -0.365 e. The Morgan fingerprint density at radius 2 is 2.00 bits per heavy atom. The molecule has 0 aliphatic carbocycles. The fraction of sp³-hybridized carbons (Fsp3) is 0.800. The Balaban J connectivity index is 0. The van der Waals surface area contributed by atoms with Gasteiger partial charge in [-0.25, -0.2) is 0 Å². The largest absolute Gasteiger partial charge is 0.365 e. The van der Waals surface area contributed by atoms with E-state index in [1.54, 1.807) is 6.92 Å². The molecule has 0 saturated heterocycles. The van der Waals surface area contributed by atoms with Crippen molar-refractivity contribution in [3.8, 4) is 0 Å². The zero-order chi connectivity index (χ0) is 6.78. The van der Waals surface area contributed by atoms with Gasteiger partial charge >= 0.3 is 0 Å². The van der Waals surface area contributed by atoms with Crippen LogP contribution < -0.4 is 0 Å². The molecule has 0 amide bonds. The monoisotopic (exact) mass is 337 g/mol. The van der Waals surface area contributed by atoms with E-state index < -0.39 is 11.0 Å². The Labute approximate surface area is 81.6 Å². The van der Waals surface area contributed by atoms with E-state index in [1.165, 1.54) is 0 Å². The predicted octanol–water partition coefficient (Wildman–Crippen LogP) is 0.207. The van der Waals surface area contributed by atoms with Gasteiger partial charge in [0.2, 0.25) is 0 Å². The van der Waals surface area contributed by atoms with Gasteiger partial charge < -0.3 is 10.2 Å². The topological polar surface area (TPSA) is 40.5 Å². The third-order valence-electron chi connectivity index (χ3n) is 1.05. The van der Waals surface area contributed by atoms with E-state index in [1.807, 2.05) is 0 Å². The molecular weight excluding hydrogens is 325 g/mol. The maximum Gasteiger partial charge on any atom is 0.174 e. The Bertz CT molecular complexity index is 75.4. The predicted molar refractivity (Wildman–Crippen MR) is 35.6 cm³/mol. The summed E-state index contributed by atoms with van der Waals surface area (Å²) in [6, 6.07) is 0. The van der Waals surface area contributed by atoms with Crippen molar-refractivity contribution in [1.82, 2.24) is 0 Å². The van der Waals surface area contributed by atoms with Gasteiger partial charge in [-0.2, -0.15) is 12.6 Å². The van der Waals surface area contributed by atoms with Gasteiger partial charge in [-0.3, -0.25) is 0 Å². The van der Waals surface area contributed by atoms with E-state index in [0.717, 1.165) is 0 Å². The van der Waals surface area contributed by atoms with Crippen LogP contribution >= 0.6 is 12.6 Å². The van der Waals surface area contributed by atoms with Crippen molar-refractivity contribution in [2.75, 3.05) is 0 Å². The van der Waals surface area contributed by atoms with Crippen molar-refractivity contribution >= 4 is 12.6 Å². The molecule has 51 valence electrons. The summed E-state index contributed by atoms with van der Waals surface area (Å²) in [4.78, 5) is 0. The first-order valence-electron chi connectivity index (χ1n) is 2.46. The molecule has 0 bridgehead atoms. The van der Waals surface area contributed by atoms with Crippen LogP contribution in [0.1, 0.15) is 13.3 Å². The molecule has 0 rings (SSSR count). The molecule has 0 aromatic rings. The molecule has 0 spiro atoms. The van der Waals surface area contributed by atoms with E-state index in [-0.39, 0.29) is 34.1 Å². The van der Waals surface area contributed by atoms with Gasteiger partial charge in [0.05, 0.1) is 5.25 Å². The SMILES string of the molecule is [CH2]C(S)C(O)(O)CC.[Hg]. The maximum atomic E-state index is 8.82. The van der Waals surface area contributed by atoms with Gasteiger partial charge in [0.15, 0.2) is 5.79 Å². The summed E-state index contributed by atoms with van der Waals surface area (Å²) in [5, 5.41) is 17.0. The average Bonchev–Trinajstić information content (AvgIpc) is 1.67. The van der Waals surface area contributed by atoms with Crippen molar-refractivity contribution < 1.29 is 37.9 Å². The first kappa shape index (κ1) is 12.8. The summed E-state index contributed by atoms with van der Waals surface area (Å²) in [5.41, 5.74) is 0. The molecule has 2 nitrogen and oxygen atoms in total. The molecule has 0 aromatic heterocycles. The molecule has 0 aliphatic rings. The third kappa shape index (κ3) is 4.59. The summed E-state index contributed by atoms with van der Waals surface area (Å²) >= 11 is 3.75. The third-order valence-corrected chi connectivity index (χ3v) is 1.47. The molecule has 0 saturated carbocycles. The summed E-state index contributed by atoms with van der Waals surface area (Å²) in [5.74, 6) is -1.71. The fourth-order valence-electron chi connectivity index (χ4n) is 0.236. The van der Waals surface area contributed by atoms with Crippen LogP contribution in [0.15, 0.2) is 0 Å². The van der Waals surface area contributed by atoms with Crippen LogP contribution in [0.2, 0.25) is 0 Å². The summed E-state index contributed by atoms with van der Waals surface area (Å²) in [7, 11) is 0. The van der Waals surface area contributed by atoms with Gasteiger partial charge in [0.1, 0.15) is 0 Å². The van der Waals surface area contributed by atoms with E-state index in [2.05, 4.69) is 19.6 Å². The van der Waals surface area contributed by atoms with Crippen LogP contribution in [-0.2, 0) is 27.7 Å². The van der Waals surface area contributed by atoms with Crippen molar-refractivity contribution in [3.63, 3.8) is 0 Å². The molecular formula is C5H11HgO2S.